The molecular weight excluding hydrogens is 512 g/mol. The molecule has 11 heteroatoms. The van der Waals surface area contributed by atoms with Gasteiger partial charge in [-0.1, -0.05) is 32.6 Å². The summed E-state index contributed by atoms with van der Waals surface area (Å²) in [7, 11) is 0. The van der Waals surface area contributed by atoms with E-state index in [2.05, 4.69) is 6.92 Å². The van der Waals surface area contributed by atoms with Crippen molar-refractivity contribution in [3.63, 3.8) is 0 Å². The molecule has 0 N–H and O–H groups in total. The molecule has 0 aromatic carbocycles. The lowest BCUT2D eigenvalue weighted by Crippen LogP contribution is -2.15. The molecule has 0 saturated heterocycles. The molecule has 0 radical (unpaired) electrons. The number of unbranched alkanes of at least 4 members (excludes halogenated alkanes) is 4. The highest BCUT2D eigenvalue weighted by Crippen LogP contribution is 2.05. The fourth-order valence-electron chi connectivity index (χ4n) is 3.06. The number of carbonyl (C=O) groups is 1. The molecule has 0 saturated carbocycles. The molecule has 0 heterocycles. The maximum Gasteiger partial charge on any atom is 0.305 e. The van der Waals surface area contributed by atoms with E-state index in [1.165, 1.54) is 19.3 Å². The Hall–Kier alpha value is -0.890. The first-order valence-electron chi connectivity index (χ1n) is 14.7. The number of hydrogen-bond acceptors (Lipinski definition) is 11. The van der Waals surface area contributed by atoms with Crippen LogP contribution in [0.4, 0.5) is 0 Å². The van der Waals surface area contributed by atoms with Crippen LogP contribution in [0.1, 0.15) is 52.4 Å². The van der Waals surface area contributed by atoms with E-state index in [1.807, 2.05) is 6.92 Å². The topological polar surface area (TPSA) is 109 Å². The molecule has 11 nitrogen and oxygen atoms in total. The summed E-state index contributed by atoms with van der Waals surface area (Å²) < 4.78 is 53.7. The van der Waals surface area contributed by atoms with Crippen LogP contribution in [0.2, 0.25) is 0 Å². The molecule has 0 aromatic heterocycles. The quantitative estimate of drug-likeness (QED) is 0.0844. The Kier molecular flexibility index (Phi) is 34.3. The Balaban J connectivity index is 3.08. The second-order valence-electron chi connectivity index (χ2n) is 8.48. The molecule has 0 fully saturated rings. The Morgan fingerprint density at radius 2 is 0.692 bits per heavy atom. The zero-order valence-electron chi connectivity index (χ0n) is 24.7. The van der Waals surface area contributed by atoms with Gasteiger partial charge in [0.25, 0.3) is 0 Å². The van der Waals surface area contributed by atoms with Crippen molar-refractivity contribution in [2.24, 2.45) is 0 Å². The zero-order valence-corrected chi connectivity index (χ0v) is 24.7. The van der Waals surface area contributed by atoms with E-state index in [0.717, 1.165) is 12.8 Å². The number of hydrogen-bond donors (Lipinski definition) is 0. The van der Waals surface area contributed by atoms with E-state index in [4.69, 9.17) is 47.4 Å². The molecule has 0 aliphatic heterocycles. The Labute approximate surface area is 236 Å². The molecule has 0 spiro atoms. The Morgan fingerprint density at radius 3 is 1.03 bits per heavy atom. The van der Waals surface area contributed by atoms with Crippen molar-refractivity contribution in [3.05, 3.63) is 0 Å². The van der Waals surface area contributed by atoms with Crippen LogP contribution in [0.3, 0.4) is 0 Å². The van der Waals surface area contributed by atoms with Crippen LogP contribution in [0.15, 0.2) is 0 Å². The van der Waals surface area contributed by atoms with Crippen molar-refractivity contribution in [3.8, 4) is 0 Å². The molecule has 0 atom stereocenters. The lowest BCUT2D eigenvalue weighted by Gasteiger charge is -2.09. The molecule has 0 bridgehead atoms. The van der Waals surface area contributed by atoms with E-state index in [-0.39, 0.29) is 12.6 Å². The largest absolute Gasteiger partial charge is 0.463 e. The van der Waals surface area contributed by atoms with Crippen molar-refractivity contribution in [1.82, 2.24) is 0 Å². The van der Waals surface area contributed by atoms with Gasteiger partial charge in [-0.2, -0.15) is 0 Å². The van der Waals surface area contributed by atoms with Gasteiger partial charge in [-0.15, -0.1) is 0 Å². The predicted molar refractivity (Wildman–Crippen MR) is 147 cm³/mol. The molecule has 0 rings (SSSR count). The highest BCUT2D eigenvalue weighted by atomic mass is 16.6. The lowest BCUT2D eigenvalue weighted by atomic mass is 10.1. The van der Waals surface area contributed by atoms with E-state index in [1.54, 1.807) is 0 Å². The van der Waals surface area contributed by atoms with Crippen LogP contribution in [-0.2, 0) is 52.2 Å². The maximum absolute atomic E-state index is 11.6. The van der Waals surface area contributed by atoms with E-state index >= 15 is 0 Å². The first-order valence-corrected chi connectivity index (χ1v) is 14.7. The first kappa shape index (κ1) is 38.1. The lowest BCUT2D eigenvalue weighted by molar-refractivity contribution is -0.145. The standard InChI is InChI=1S/C28H56O11/c1-3-5-6-7-8-9-28(29)39-27-26-38-25-24-37-23-22-36-21-20-35-19-18-34-17-16-33-15-14-32-13-12-31-11-10-30-4-2/h3-27H2,1-2H3. The highest BCUT2D eigenvalue weighted by Gasteiger charge is 2.02. The van der Waals surface area contributed by atoms with Crippen molar-refractivity contribution in [2.75, 3.05) is 126 Å². The van der Waals surface area contributed by atoms with Crippen molar-refractivity contribution in [2.45, 2.75) is 52.4 Å². The minimum absolute atomic E-state index is 0.144. The minimum Gasteiger partial charge on any atom is -0.463 e. The number of ether oxygens (including phenoxy) is 10. The van der Waals surface area contributed by atoms with Crippen molar-refractivity contribution >= 4 is 5.97 Å². The zero-order chi connectivity index (χ0) is 28.3. The normalized spacial score (nSPS) is 11.3. The maximum atomic E-state index is 11.6. The third-order valence-corrected chi connectivity index (χ3v) is 5.16. The van der Waals surface area contributed by atoms with E-state index < -0.39 is 0 Å². The van der Waals surface area contributed by atoms with Crippen LogP contribution < -0.4 is 0 Å². The monoisotopic (exact) mass is 568 g/mol. The average Bonchev–Trinajstić information content (AvgIpc) is 2.94. The second-order valence-corrected chi connectivity index (χ2v) is 8.48. The summed E-state index contributed by atoms with van der Waals surface area (Å²) in [5.74, 6) is -0.144. The predicted octanol–water partition coefficient (Wildman–Crippen LogP) is 3.06. The smallest absolute Gasteiger partial charge is 0.305 e. The summed E-state index contributed by atoms with van der Waals surface area (Å²) >= 11 is 0. The molecule has 0 aliphatic carbocycles. The second kappa shape index (κ2) is 35.1. The van der Waals surface area contributed by atoms with E-state index in [9.17, 15) is 4.79 Å². The summed E-state index contributed by atoms with van der Waals surface area (Å²) in [6.45, 7) is 13.9. The fraction of sp³-hybridized carbons (Fsp3) is 0.964. The van der Waals surface area contributed by atoms with Crippen molar-refractivity contribution < 1.29 is 52.2 Å². The van der Waals surface area contributed by atoms with Gasteiger partial charge in [0.2, 0.25) is 0 Å². The third-order valence-electron chi connectivity index (χ3n) is 5.16. The van der Waals surface area contributed by atoms with Gasteiger partial charge in [-0.3, -0.25) is 4.79 Å². The minimum atomic E-state index is -0.144. The van der Waals surface area contributed by atoms with Gasteiger partial charge < -0.3 is 47.4 Å². The summed E-state index contributed by atoms with van der Waals surface area (Å²) in [6, 6.07) is 0. The molecule has 0 unspecified atom stereocenters. The fourth-order valence-corrected chi connectivity index (χ4v) is 3.06. The summed E-state index contributed by atoms with van der Waals surface area (Å²) in [5.41, 5.74) is 0. The van der Waals surface area contributed by atoms with Crippen molar-refractivity contribution in [1.29, 1.82) is 0 Å². The molecule has 39 heavy (non-hydrogen) atoms. The average molecular weight is 569 g/mol. The molecule has 0 aliphatic rings. The SMILES string of the molecule is CCCCCCCC(=O)OCCOCCOCCOCCOCCOCCOCCOCCOCCOCC. The molecule has 234 valence electrons. The number of carbonyl (C=O) groups excluding carboxylic acids is 1. The van der Waals surface area contributed by atoms with Crippen LogP contribution in [-0.4, -0.2) is 132 Å². The Morgan fingerprint density at radius 1 is 0.385 bits per heavy atom. The summed E-state index contributed by atoms with van der Waals surface area (Å²) in [5, 5.41) is 0. The highest BCUT2D eigenvalue weighted by molar-refractivity contribution is 5.69. The van der Waals surface area contributed by atoms with Crippen LogP contribution in [0, 0.1) is 0 Å². The number of rotatable bonds is 34. The van der Waals surface area contributed by atoms with Gasteiger partial charge in [0, 0.05) is 13.0 Å². The van der Waals surface area contributed by atoms with Crippen LogP contribution in [0.25, 0.3) is 0 Å². The van der Waals surface area contributed by atoms with E-state index in [0.29, 0.717) is 125 Å². The summed E-state index contributed by atoms with van der Waals surface area (Å²) in [6.07, 6.45) is 6.10. The van der Waals surface area contributed by atoms with Gasteiger partial charge >= 0.3 is 5.97 Å². The van der Waals surface area contributed by atoms with Gasteiger partial charge in [-0.25, -0.2) is 0 Å². The van der Waals surface area contributed by atoms with Gasteiger partial charge in [0.15, 0.2) is 0 Å². The van der Waals surface area contributed by atoms with Crippen LogP contribution in [0.5, 0.6) is 0 Å². The third kappa shape index (κ3) is 35.1. The van der Waals surface area contributed by atoms with Gasteiger partial charge in [-0.05, 0) is 13.3 Å². The van der Waals surface area contributed by atoms with Gasteiger partial charge in [0.1, 0.15) is 6.61 Å². The number of esters is 1. The van der Waals surface area contributed by atoms with Crippen LogP contribution >= 0.6 is 0 Å². The first-order chi connectivity index (χ1) is 19.3. The molecular formula is C28H56O11. The Bertz CT molecular complexity index is 469. The van der Waals surface area contributed by atoms with Gasteiger partial charge in [0.05, 0.1) is 112 Å². The summed E-state index contributed by atoms with van der Waals surface area (Å²) in [4.78, 5) is 11.6. The molecule has 0 aromatic rings. The molecule has 0 amide bonds.